The van der Waals surface area contributed by atoms with E-state index in [0.29, 0.717) is 29.2 Å². The molecule has 1 aliphatic heterocycles. The van der Waals surface area contributed by atoms with Crippen LogP contribution in [0.3, 0.4) is 0 Å². The van der Waals surface area contributed by atoms with E-state index in [9.17, 15) is 9.90 Å². The zero-order valence-electron chi connectivity index (χ0n) is 22.0. The maximum atomic E-state index is 12.8. The third kappa shape index (κ3) is 6.41. The van der Waals surface area contributed by atoms with E-state index in [1.54, 1.807) is 49.6 Å². The Kier molecular flexibility index (Phi) is 8.12. The molecule has 1 fully saturated rings. The van der Waals surface area contributed by atoms with Crippen molar-refractivity contribution < 1.29 is 14.6 Å². The lowest BCUT2D eigenvalue weighted by Crippen LogP contribution is -2.30. The van der Waals surface area contributed by atoms with Crippen LogP contribution in [-0.2, 0) is 6.54 Å². The van der Waals surface area contributed by atoms with Crippen LogP contribution in [0.15, 0.2) is 91.3 Å². The zero-order chi connectivity index (χ0) is 27.0. The Bertz CT molecular complexity index is 1380. The van der Waals surface area contributed by atoms with E-state index in [1.165, 1.54) is 11.4 Å². The number of para-hydroxylation sites is 1. The van der Waals surface area contributed by atoms with E-state index in [2.05, 4.69) is 61.8 Å². The number of benzene rings is 3. The summed E-state index contributed by atoms with van der Waals surface area (Å²) in [6.07, 6.45) is 4.78. The smallest absolute Gasteiger partial charge is 0.255 e. The Labute approximate surface area is 228 Å². The molecule has 200 valence electrons. The average molecular weight is 524 g/mol. The van der Waals surface area contributed by atoms with Crippen LogP contribution in [0.25, 0.3) is 0 Å². The molecule has 5 rings (SSSR count). The molecule has 39 heavy (non-hydrogen) atoms. The summed E-state index contributed by atoms with van der Waals surface area (Å²) < 4.78 is 5.16. The topological polar surface area (TPSA) is 90.0 Å². The molecule has 3 N–H and O–H groups in total. The molecule has 0 bridgehead atoms. The van der Waals surface area contributed by atoms with Gasteiger partial charge in [0.15, 0.2) is 0 Å². The number of amides is 1. The molecule has 0 atom stereocenters. The number of rotatable bonds is 8. The van der Waals surface area contributed by atoms with Gasteiger partial charge in [-0.2, -0.15) is 0 Å². The highest BCUT2D eigenvalue weighted by atomic mass is 16.5. The van der Waals surface area contributed by atoms with Gasteiger partial charge in [0.05, 0.1) is 12.8 Å². The van der Waals surface area contributed by atoms with Crippen molar-refractivity contribution in [3.63, 3.8) is 0 Å². The molecular weight excluding hydrogens is 490 g/mol. The Morgan fingerprint density at radius 1 is 0.872 bits per heavy atom. The van der Waals surface area contributed by atoms with Gasteiger partial charge in [0, 0.05) is 62.1 Å². The lowest BCUT2D eigenvalue weighted by molar-refractivity contribution is 0.102. The van der Waals surface area contributed by atoms with Gasteiger partial charge in [0.2, 0.25) is 0 Å². The van der Waals surface area contributed by atoms with Crippen molar-refractivity contribution in [2.75, 3.05) is 53.7 Å². The van der Waals surface area contributed by atoms with Crippen LogP contribution in [-0.4, -0.2) is 49.3 Å². The molecule has 0 saturated carbocycles. The summed E-state index contributed by atoms with van der Waals surface area (Å²) >= 11 is 0. The number of hydrogen-bond acceptors (Lipinski definition) is 7. The molecule has 1 aliphatic rings. The summed E-state index contributed by atoms with van der Waals surface area (Å²) in [5, 5.41) is 16.7. The standard InChI is InChI=1S/C31H33N5O3/c1-39-27-12-8-24(9-13-27)31(38)34-28-4-2-5-29(37)30(28)33-22-23-6-10-25(11-7-23)35-18-3-19-36(21-20-35)26-14-16-32-17-15-26/h2,4-17,33,37H,3,18-22H2,1H3,(H,34,38). The second-order valence-electron chi connectivity index (χ2n) is 9.44. The normalized spacial score (nSPS) is 13.5. The minimum absolute atomic E-state index is 0.0717. The number of carbonyl (C=O) groups excluding carboxylic acids is 1. The number of phenols is 1. The maximum absolute atomic E-state index is 12.8. The summed E-state index contributed by atoms with van der Waals surface area (Å²) in [4.78, 5) is 21.8. The van der Waals surface area contributed by atoms with E-state index in [1.807, 2.05) is 12.4 Å². The Morgan fingerprint density at radius 2 is 1.54 bits per heavy atom. The lowest BCUT2D eigenvalue weighted by atomic mass is 10.1. The number of phenolic OH excluding ortho intramolecular Hbond substituents is 1. The van der Waals surface area contributed by atoms with Gasteiger partial charge >= 0.3 is 0 Å². The average Bonchev–Trinajstić information content (AvgIpc) is 3.24. The second kappa shape index (κ2) is 12.2. The van der Waals surface area contributed by atoms with E-state index >= 15 is 0 Å². The Hall–Kier alpha value is -4.72. The number of nitrogens with zero attached hydrogens (tertiary/aromatic N) is 3. The fourth-order valence-corrected chi connectivity index (χ4v) is 4.77. The first kappa shape index (κ1) is 25.9. The van der Waals surface area contributed by atoms with Crippen LogP contribution in [0.1, 0.15) is 22.3 Å². The number of anilines is 4. The van der Waals surface area contributed by atoms with Crippen molar-refractivity contribution in [1.29, 1.82) is 0 Å². The third-order valence-corrected chi connectivity index (χ3v) is 6.94. The zero-order valence-corrected chi connectivity index (χ0v) is 22.0. The molecule has 0 radical (unpaired) electrons. The molecule has 1 amide bonds. The predicted octanol–water partition coefficient (Wildman–Crippen LogP) is 5.38. The number of pyridine rings is 1. The highest BCUT2D eigenvalue weighted by Crippen LogP contribution is 2.32. The summed E-state index contributed by atoms with van der Waals surface area (Å²) in [5.41, 5.74) is 4.98. The molecular formula is C31H33N5O3. The van der Waals surface area contributed by atoms with Crippen molar-refractivity contribution in [2.45, 2.75) is 13.0 Å². The fourth-order valence-electron chi connectivity index (χ4n) is 4.77. The first-order chi connectivity index (χ1) is 19.1. The van der Waals surface area contributed by atoms with Gasteiger partial charge < -0.3 is 30.3 Å². The van der Waals surface area contributed by atoms with Crippen molar-refractivity contribution in [3.8, 4) is 11.5 Å². The van der Waals surface area contributed by atoms with Crippen molar-refractivity contribution in [2.24, 2.45) is 0 Å². The number of carbonyl (C=O) groups is 1. The van der Waals surface area contributed by atoms with Crippen molar-refractivity contribution in [1.82, 2.24) is 4.98 Å². The number of nitrogens with one attached hydrogen (secondary N) is 2. The summed E-state index contributed by atoms with van der Waals surface area (Å²) in [6.45, 7) is 4.45. The van der Waals surface area contributed by atoms with Gasteiger partial charge in [-0.15, -0.1) is 0 Å². The molecule has 1 aromatic heterocycles. The van der Waals surface area contributed by atoms with Crippen molar-refractivity contribution in [3.05, 3.63) is 102 Å². The number of aromatic hydroxyl groups is 1. The van der Waals surface area contributed by atoms with E-state index in [4.69, 9.17) is 4.74 Å². The monoisotopic (exact) mass is 523 g/mol. The lowest BCUT2D eigenvalue weighted by Gasteiger charge is -2.25. The van der Waals surface area contributed by atoms with Gasteiger partial charge in [-0.25, -0.2) is 0 Å². The summed E-state index contributed by atoms with van der Waals surface area (Å²) in [6, 6.07) is 24.6. The first-order valence-corrected chi connectivity index (χ1v) is 13.1. The van der Waals surface area contributed by atoms with Gasteiger partial charge in [0.1, 0.15) is 17.2 Å². The second-order valence-corrected chi connectivity index (χ2v) is 9.44. The van der Waals surface area contributed by atoms with E-state index < -0.39 is 0 Å². The largest absolute Gasteiger partial charge is 0.506 e. The highest BCUT2D eigenvalue weighted by molar-refractivity contribution is 6.06. The molecule has 0 unspecified atom stereocenters. The molecule has 1 saturated heterocycles. The van der Waals surface area contributed by atoms with Gasteiger partial charge in [-0.1, -0.05) is 18.2 Å². The number of ether oxygens (including phenoxy) is 1. The molecule has 0 aliphatic carbocycles. The van der Waals surface area contributed by atoms with Gasteiger partial charge in [-0.3, -0.25) is 9.78 Å². The Balaban J connectivity index is 1.20. The predicted molar refractivity (Wildman–Crippen MR) is 156 cm³/mol. The SMILES string of the molecule is COc1ccc(C(=O)Nc2cccc(O)c2NCc2ccc(N3CCCN(c4ccncc4)CC3)cc2)cc1. The highest BCUT2D eigenvalue weighted by Gasteiger charge is 2.16. The number of hydrogen-bond donors (Lipinski definition) is 3. The maximum Gasteiger partial charge on any atom is 0.255 e. The number of aromatic nitrogens is 1. The van der Waals surface area contributed by atoms with Crippen molar-refractivity contribution >= 4 is 28.7 Å². The summed E-state index contributed by atoms with van der Waals surface area (Å²) in [7, 11) is 1.58. The minimum atomic E-state index is -0.268. The molecule has 0 spiro atoms. The first-order valence-electron chi connectivity index (χ1n) is 13.1. The van der Waals surface area contributed by atoms with Crippen LogP contribution >= 0.6 is 0 Å². The molecule has 8 nitrogen and oxygen atoms in total. The number of methoxy groups -OCH3 is 1. The minimum Gasteiger partial charge on any atom is -0.506 e. The Morgan fingerprint density at radius 3 is 2.21 bits per heavy atom. The molecule has 2 heterocycles. The summed E-state index contributed by atoms with van der Waals surface area (Å²) in [5.74, 6) is 0.484. The quantitative estimate of drug-likeness (QED) is 0.267. The van der Waals surface area contributed by atoms with Crippen LogP contribution in [0.2, 0.25) is 0 Å². The molecule has 8 heteroatoms. The fraction of sp³-hybridized carbons (Fsp3) is 0.226. The van der Waals surface area contributed by atoms with Gasteiger partial charge in [-0.05, 0) is 72.6 Å². The van der Waals surface area contributed by atoms with Crippen LogP contribution in [0.4, 0.5) is 22.7 Å². The van der Waals surface area contributed by atoms with E-state index in [0.717, 1.165) is 38.2 Å². The van der Waals surface area contributed by atoms with Crippen LogP contribution in [0.5, 0.6) is 11.5 Å². The van der Waals surface area contributed by atoms with Gasteiger partial charge in [0.25, 0.3) is 5.91 Å². The molecule has 3 aromatic carbocycles. The van der Waals surface area contributed by atoms with Crippen LogP contribution in [0, 0.1) is 0 Å². The molecule has 4 aromatic rings. The third-order valence-electron chi connectivity index (χ3n) is 6.94. The van der Waals surface area contributed by atoms with Crippen LogP contribution < -0.4 is 25.2 Å². The van der Waals surface area contributed by atoms with E-state index in [-0.39, 0.29) is 11.7 Å².